The summed E-state index contributed by atoms with van der Waals surface area (Å²) >= 11 is 1.71. The van der Waals surface area contributed by atoms with E-state index in [-0.39, 0.29) is 0 Å². The summed E-state index contributed by atoms with van der Waals surface area (Å²) in [4.78, 5) is 0. The molecule has 1 atom stereocenters. The van der Waals surface area contributed by atoms with Crippen LogP contribution in [0.2, 0.25) is 0 Å². The molecule has 3 nitrogen and oxygen atoms in total. The Morgan fingerprint density at radius 3 is 3.11 bits per heavy atom. The van der Waals surface area contributed by atoms with E-state index in [4.69, 9.17) is 11.2 Å². The highest BCUT2D eigenvalue weighted by Crippen LogP contribution is 2.12. The Kier molecular flexibility index (Phi) is 8.15. The first-order valence-corrected chi connectivity index (χ1v) is 7.47. The Bertz CT molecular complexity index is 403. The second kappa shape index (κ2) is 9.74. The van der Waals surface area contributed by atoms with Crippen LogP contribution in [0.4, 0.5) is 0 Å². The summed E-state index contributed by atoms with van der Waals surface area (Å²) in [6.07, 6.45) is 4.65. The molecular weight excluding hydrogens is 258 g/mol. The van der Waals surface area contributed by atoms with Gasteiger partial charge in [0.15, 0.2) is 0 Å². The number of thioether (sulfide) groups is 1. The van der Waals surface area contributed by atoms with E-state index in [0.29, 0.717) is 13.2 Å². The summed E-state index contributed by atoms with van der Waals surface area (Å²) in [5.41, 5.74) is 1.15. The quantitative estimate of drug-likeness (QED) is 0.533. The van der Waals surface area contributed by atoms with E-state index in [0.717, 1.165) is 29.4 Å². The van der Waals surface area contributed by atoms with Crippen LogP contribution in [0.1, 0.15) is 5.56 Å². The van der Waals surface area contributed by atoms with Gasteiger partial charge in [-0.15, -0.1) is 18.2 Å². The first-order valence-electron chi connectivity index (χ1n) is 6.32. The lowest BCUT2D eigenvalue weighted by molar-refractivity contribution is 0.107. The normalized spacial score (nSPS) is 11.8. The Hall–Kier alpha value is -1.15. The predicted molar refractivity (Wildman–Crippen MR) is 81.7 cm³/mol. The van der Waals surface area contributed by atoms with E-state index < -0.39 is 6.10 Å². The standard InChI is InChI=1S/C15H21NO2S/c1-3-8-19-9-7-16-11-14(17)12-18-15-6-4-5-13(2)10-15/h1,4-6,10,14,16-17H,7-9,11-12H2,2H3. The zero-order valence-electron chi connectivity index (χ0n) is 11.3. The predicted octanol–water partition coefficient (Wildman–Crippen LogP) is 1.69. The monoisotopic (exact) mass is 279 g/mol. The smallest absolute Gasteiger partial charge is 0.119 e. The van der Waals surface area contributed by atoms with Crippen molar-refractivity contribution in [1.29, 1.82) is 0 Å². The molecule has 19 heavy (non-hydrogen) atoms. The van der Waals surface area contributed by atoms with Crippen LogP contribution in [0.25, 0.3) is 0 Å². The Balaban J connectivity index is 2.08. The molecule has 0 amide bonds. The van der Waals surface area contributed by atoms with Crippen molar-refractivity contribution in [2.75, 3.05) is 31.2 Å². The molecule has 1 unspecified atom stereocenters. The van der Waals surface area contributed by atoms with Crippen LogP contribution >= 0.6 is 11.8 Å². The molecule has 0 spiro atoms. The highest BCUT2D eigenvalue weighted by atomic mass is 32.2. The van der Waals surface area contributed by atoms with Gasteiger partial charge in [0, 0.05) is 18.8 Å². The van der Waals surface area contributed by atoms with Crippen LogP contribution in [0, 0.1) is 19.3 Å². The number of ether oxygens (including phenoxy) is 1. The fourth-order valence-electron chi connectivity index (χ4n) is 1.50. The molecule has 0 aliphatic carbocycles. The molecule has 104 valence electrons. The first kappa shape index (κ1) is 15.9. The third-order valence-electron chi connectivity index (χ3n) is 2.42. The zero-order chi connectivity index (χ0) is 13.9. The van der Waals surface area contributed by atoms with Gasteiger partial charge in [-0.1, -0.05) is 18.1 Å². The van der Waals surface area contributed by atoms with Crippen molar-refractivity contribution < 1.29 is 9.84 Å². The number of terminal acetylenes is 1. The molecule has 0 aromatic heterocycles. The third kappa shape index (κ3) is 7.78. The topological polar surface area (TPSA) is 41.5 Å². The van der Waals surface area contributed by atoms with Gasteiger partial charge in [0.2, 0.25) is 0 Å². The average Bonchev–Trinajstić information content (AvgIpc) is 2.40. The lowest BCUT2D eigenvalue weighted by atomic mass is 10.2. The maximum Gasteiger partial charge on any atom is 0.119 e. The molecular formula is C15H21NO2S. The fraction of sp³-hybridized carbons (Fsp3) is 0.467. The maximum absolute atomic E-state index is 9.76. The van der Waals surface area contributed by atoms with E-state index in [9.17, 15) is 5.11 Å². The van der Waals surface area contributed by atoms with E-state index in [1.54, 1.807) is 11.8 Å². The Morgan fingerprint density at radius 2 is 2.37 bits per heavy atom. The van der Waals surface area contributed by atoms with Gasteiger partial charge in [0.05, 0.1) is 5.75 Å². The summed E-state index contributed by atoms with van der Waals surface area (Å²) in [6, 6.07) is 7.80. The second-order valence-electron chi connectivity index (χ2n) is 4.24. The Morgan fingerprint density at radius 1 is 1.53 bits per heavy atom. The lowest BCUT2D eigenvalue weighted by Gasteiger charge is -2.13. The number of rotatable bonds is 9. The minimum absolute atomic E-state index is 0.300. The van der Waals surface area contributed by atoms with E-state index in [1.165, 1.54) is 0 Å². The van der Waals surface area contributed by atoms with Crippen molar-refractivity contribution in [2.24, 2.45) is 0 Å². The number of nitrogens with one attached hydrogen (secondary N) is 1. The average molecular weight is 279 g/mol. The summed E-state index contributed by atoms with van der Waals surface area (Å²) < 4.78 is 5.52. The molecule has 0 saturated carbocycles. The number of aliphatic hydroxyl groups excluding tert-OH is 1. The number of hydrogen-bond acceptors (Lipinski definition) is 4. The number of aryl methyl sites for hydroxylation is 1. The van der Waals surface area contributed by atoms with E-state index in [2.05, 4.69) is 11.2 Å². The van der Waals surface area contributed by atoms with Crippen molar-refractivity contribution >= 4 is 11.8 Å². The number of benzene rings is 1. The van der Waals surface area contributed by atoms with Crippen LogP contribution in [0.15, 0.2) is 24.3 Å². The van der Waals surface area contributed by atoms with Crippen molar-refractivity contribution in [3.05, 3.63) is 29.8 Å². The van der Waals surface area contributed by atoms with E-state index in [1.807, 2.05) is 31.2 Å². The van der Waals surface area contributed by atoms with Crippen LogP contribution in [-0.2, 0) is 0 Å². The molecule has 0 radical (unpaired) electrons. The SMILES string of the molecule is C#CCSCCNCC(O)COc1cccc(C)c1. The van der Waals surface area contributed by atoms with Crippen molar-refractivity contribution in [2.45, 2.75) is 13.0 Å². The highest BCUT2D eigenvalue weighted by molar-refractivity contribution is 7.99. The number of aliphatic hydroxyl groups is 1. The molecule has 0 saturated heterocycles. The lowest BCUT2D eigenvalue weighted by Crippen LogP contribution is -2.32. The first-order chi connectivity index (χ1) is 9.22. The van der Waals surface area contributed by atoms with Gasteiger partial charge >= 0.3 is 0 Å². The Labute approximate surface area is 119 Å². The molecule has 2 N–H and O–H groups in total. The van der Waals surface area contributed by atoms with Crippen LogP contribution in [0.5, 0.6) is 5.75 Å². The minimum Gasteiger partial charge on any atom is -0.491 e. The van der Waals surface area contributed by atoms with Crippen LogP contribution in [0.3, 0.4) is 0 Å². The van der Waals surface area contributed by atoms with Crippen LogP contribution in [-0.4, -0.2) is 42.4 Å². The van der Waals surface area contributed by atoms with Crippen molar-refractivity contribution in [1.82, 2.24) is 5.32 Å². The summed E-state index contributed by atoms with van der Waals surface area (Å²) in [5, 5.41) is 12.9. The maximum atomic E-state index is 9.76. The second-order valence-corrected chi connectivity index (χ2v) is 5.35. The highest BCUT2D eigenvalue weighted by Gasteiger charge is 2.04. The molecule has 0 heterocycles. The molecule has 0 aliphatic rings. The molecule has 0 fully saturated rings. The molecule has 0 bridgehead atoms. The molecule has 0 aliphatic heterocycles. The van der Waals surface area contributed by atoms with E-state index >= 15 is 0 Å². The third-order valence-corrected chi connectivity index (χ3v) is 3.28. The molecule has 1 aromatic rings. The van der Waals surface area contributed by atoms with Gasteiger partial charge in [-0.3, -0.25) is 0 Å². The summed E-state index contributed by atoms with van der Waals surface area (Å²) in [6.45, 7) is 3.68. The van der Waals surface area contributed by atoms with Crippen molar-refractivity contribution in [3.63, 3.8) is 0 Å². The summed E-state index contributed by atoms with van der Waals surface area (Å²) in [5.74, 6) is 5.06. The van der Waals surface area contributed by atoms with Gasteiger partial charge < -0.3 is 15.2 Å². The summed E-state index contributed by atoms with van der Waals surface area (Å²) in [7, 11) is 0. The minimum atomic E-state index is -0.502. The van der Waals surface area contributed by atoms with Gasteiger partial charge in [-0.05, 0) is 24.6 Å². The fourth-order valence-corrected chi connectivity index (χ4v) is 2.05. The van der Waals surface area contributed by atoms with Gasteiger partial charge in [0.25, 0.3) is 0 Å². The van der Waals surface area contributed by atoms with Gasteiger partial charge in [-0.25, -0.2) is 0 Å². The van der Waals surface area contributed by atoms with Crippen LogP contribution < -0.4 is 10.1 Å². The molecule has 1 aromatic carbocycles. The molecule has 1 rings (SSSR count). The van der Waals surface area contributed by atoms with Gasteiger partial charge in [0.1, 0.15) is 18.5 Å². The number of hydrogen-bond donors (Lipinski definition) is 2. The zero-order valence-corrected chi connectivity index (χ0v) is 12.1. The largest absolute Gasteiger partial charge is 0.491 e. The van der Waals surface area contributed by atoms with Gasteiger partial charge in [-0.2, -0.15) is 0 Å². The molecule has 4 heteroatoms. The van der Waals surface area contributed by atoms with Crippen molar-refractivity contribution in [3.8, 4) is 18.1 Å².